The second-order valence-corrected chi connectivity index (χ2v) is 8.72. The number of Topliss-reactive ketones (excluding diaryl/α,β-unsaturated/α-hetero) is 1. The zero-order valence-corrected chi connectivity index (χ0v) is 18.0. The summed E-state index contributed by atoms with van der Waals surface area (Å²) in [5.41, 5.74) is 3.80. The Hall–Kier alpha value is -2.71. The number of rotatable bonds is 8. The predicted octanol–water partition coefficient (Wildman–Crippen LogP) is 4.46. The van der Waals surface area contributed by atoms with Gasteiger partial charge >= 0.3 is 0 Å². The van der Waals surface area contributed by atoms with Crippen LogP contribution in [0.4, 0.5) is 5.13 Å². The minimum Gasteiger partial charge on any atom is -0.483 e. The van der Waals surface area contributed by atoms with Crippen molar-refractivity contribution in [1.29, 1.82) is 0 Å². The summed E-state index contributed by atoms with van der Waals surface area (Å²) in [5, 5.41) is 11.0. The molecule has 1 aromatic heterocycles. The summed E-state index contributed by atoms with van der Waals surface area (Å²) in [6, 6.07) is 13.1. The minimum absolute atomic E-state index is 0.0219. The second kappa shape index (κ2) is 9.67. The molecule has 0 aliphatic carbocycles. The molecule has 0 saturated heterocycles. The van der Waals surface area contributed by atoms with Crippen molar-refractivity contribution in [1.82, 2.24) is 10.2 Å². The molecule has 1 heterocycles. The highest BCUT2D eigenvalue weighted by atomic mass is 32.2. The molecule has 8 heteroatoms. The summed E-state index contributed by atoms with van der Waals surface area (Å²) in [7, 11) is 0. The molecular weight excluding hydrogens is 406 g/mol. The average molecular weight is 428 g/mol. The molecule has 3 aromatic rings. The molecule has 29 heavy (non-hydrogen) atoms. The van der Waals surface area contributed by atoms with E-state index >= 15 is 0 Å². The summed E-state index contributed by atoms with van der Waals surface area (Å²) in [4.78, 5) is 24.3. The van der Waals surface area contributed by atoms with Crippen LogP contribution in [0.1, 0.15) is 27.0 Å². The Morgan fingerprint density at radius 2 is 1.76 bits per heavy atom. The summed E-state index contributed by atoms with van der Waals surface area (Å²) in [6.07, 6.45) is 0. The third-order valence-electron chi connectivity index (χ3n) is 4.03. The Bertz CT molecular complexity index is 996. The fourth-order valence-electron chi connectivity index (χ4n) is 2.84. The first-order valence-corrected chi connectivity index (χ1v) is 10.8. The van der Waals surface area contributed by atoms with E-state index in [1.54, 1.807) is 12.1 Å². The summed E-state index contributed by atoms with van der Waals surface area (Å²) < 4.78 is 6.31. The van der Waals surface area contributed by atoms with Gasteiger partial charge in [0.15, 0.2) is 16.7 Å². The van der Waals surface area contributed by atoms with Crippen LogP contribution in [-0.2, 0) is 4.79 Å². The SMILES string of the molecule is Cc1cc(C)c(OCC(=O)Nc2nnc(SCC(=O)c3ccccc3)s2)c(C)c1. The highest BCUT2D eigenvalue weighted by Crippen LogP contribution is 2.27. The third-order valence-corrected chi connectivity index (χ3v) is 6.00. The van der Waals surface area contributed by atoms with E-state index in [4.69, 9.17) is 4.74 Å². The molecule has 0 spiro atoms. The van der Waals surface area contributed by atoms with Crippen molar-refractivity contribution in [2.45, 2.75) is 25.1 Å². The van der Waals surface area contributed by atoms with E-state index in [1.807, 2.05) is 51.1 Å². The Balaban J connectivity index is 1.49. The smallest absolute Gasteiger partial charge is 0.264 e. The van der Waals surface area contributed by atoms with Crippen LogP contribution in [0, 0.1) is 20.8 Å². The van der Waals surface area contributed by atoms with Gasteiger partial charge in [0.1, 0.15) is 5.75 Å². The van der Waals surface area contributed by atoms with Crippen LogP contribution in [0.2, 0.25) is 0 Å². The number of aryl methyl sites for hydroxylation is 3. The number of nitrogens with one attached hydrogen (secondary N) is 1. The molecular formula is C21H21N3O3S2. The van der Waals surface area contributed by atoms with Gasteiger partial charge in [-0.1, -0.05) is 71.1 Å². The molecule has 6 nitrogen and oxygen atoms in total. The van der Waals surface area contributed by atoms with Gasteiger partial charge in [-0.05, 0) is 31.9 Å². The topological polar surface area (TPSA) is 81.2 Å². The van der Waals surface area contributed by atoms with E-state index in [1.165, 1.54) is 23.1 Å². The van der Waals surface area contributed by atoms with E-state index < -0.39 is 0 Å². The fraction of sp³-hybridized carbons (Fsp3) is 0.238. The quantitative estimate of drug-likeness (QED) is 0.325. The average Bonchev–Trinajstić information content (AvgIpc) is 3.13. The lowest BCUT2D eigenvalue weighted by Gasteiger charge is -2.12. The van der Waals surface area contributed by atoms with Crippen molar-refractivity contribution in [3.05, 3.63) is 64.7 Å². The van der Waals surface area contributed by atoms with Crippen molar-refractivity contribution in [2.75, 3.05) is 17.7 Å². The maximum Gasteiger partial charge on any atom is 0.264 e. The predicted molar refractivity (Wildman–Crippen MR) is 116 cm³/mol. The van der Waals surface area contributed by atoms with Gasteiger partial charge in [-0.25, -0.2) is 0 Å². The first kappa shape index (κ1) is 21.0. The van der Waals surface area contributed by atoms with Gasteiger partial charge in [0.2, 0.25) is 5.13 Å². The van der Waals surface area contributed by atoms with E-state index in [0.29, 0.717) is 15.0 Å². The highest BCUT2D eigenvalue weighted by molar-refractivity contribution is 8.01. The number of hydrogen-bond acceptors (Lipinski definition) is 7. The first-order valence-electron chi connectivity index (χ1n) is 8.97. The monoisotopic (exact) mass is 427 g/mol. The van der Waals surface area contributed by atoms with E-state index in [9.17, 15) is 9.59 Å². The number of anilines is 1. The van der Waals surface area contributed by atoms with Crippen molar-refractivity contribution < 1.29 is 14.3 Å². The molecule has 1 amide bonds. The van der Waals surface area contributed by atoms with E-state index in [-0.39, 0.29) is 24.1 Å². The van der Waals surface area contributed by atoms with Crippen LogP contribution in [0.15, 0.2) is 46.8 Å². The highest BCUT2D eigenvalue weighted by Gasteiger charge is 2.13. The third kappa shape index (κ3) is 5.88. The largest absolute Gasteiger partial charge is 0.483 e. The van der Waals surface area contributed by atoms with Crippen LogP contribution in [0.3, 0.4) is 0 Å². The lowest BCUT2D eigenvalue weighted by atomic mass is 10.1. The van der Waals surface area contributed by atoms with Crippen LogP contribution >= 0.6 is 23.1 Å². The number of thioether (sulfide) groups is 1. The number of carbonyl (C=O) groups is 2. The molecule has 1 N–H and O–H groups in total. The number of carbonyl (C=O) groups excluding carboxylic acids is 2. The molecule has 3 rings (SSSR count). The Kier molecular flexibility index (Phi) is 7.00. The van der Waals surface area contributed by atoms with Gasteiger partial charge in [0.05, 0.1) is 5.75 Å². The van der Waals surface area contributed by atoms with Crippen molar-refractivity contribution >= 4 is 39.9 Å². The number of amides is 1. The maximum atomic E-state index is 12.2. The molecule has 0 unspecified atom stereocenters. The Morgan fingerprint density at radius 1 is 1.07 bits per heavy atom. The Labute approximate surface area is 177 Å². The number of nitrogens with zero attached hydrogens (tertiary/aromatic N) is 2. The van der Waals surface area contributed by atoms with Crippen molar-refractivity contribution in [3.8, 4) is 5.75 Å². The molecule has 0 bridgehead atoms. The number of aromatic nitrogens is 2. The fourth-order valence-corrected chi connectivity index (χ4v) is 4.50. The summed E-state index contributed by atoms with van der Waals surface area (Å²) >= 11 is 2.53. The Morgan fingerprint density at radius 3 is 2.45 bits per heavy atom. The molecule has 150 valence electrons. The number of ether oxygens (including phenoxy) is 1. The van der Waals surface area contributed by atoms with Gasteiger partial charge in [0, 0.05) is 5.56 Å². The van der Waals surface area contributed by atoms with Gasteiger partial charge in [-0.15, -0.1) is 10.2 Å². The lowest BCUT2D eigenvalue weighted by molar-refractivity contribution is -0.118. The number of benzene rings is 2. The molecule has 2 aromatic carbocycles. The number of ketones is 1. The first-order chi connectivity index (χ1) is 13.9. The second-order valence-electron chi connectivity index (χ2n) is 6.52. The van der Waals surface area contributed by atoms with E-state index in [0.717, 1.165) is 22.4 Å². The van der Waals surface area contributed by atoms with Crippen LogP contribution in [0.25, 0.3) is 0 Å². The van der Waals surface area contributed by atoms with Gasteiger partial charge < -0.3 is 4.74 Å². The van der Waals surface area contributed by atoms with Crippen molar-refractivity contribution in [2.24, 2.45) is 0 Å². The zero-order valence-electron chi connectivity index (χ0n) is 16.4. The van der Waals surface area contributed by atoms with Crippen LogP contribution < -0.4 is 10.1 Å². The standard InChI is InChI=1S/C21H21N3O3S2/c1-13-9-14(2)19(15(3)10-13)27-11-18(26)22-20-23-24-21(29-20)28-12-17(25)16-7-5-4-6-8-16/h4-10H,11-12H2,1-3H3,(H,22,23,26). The maximum absolute atomic E-state index is 12.2. The van der Waals surface area contributed by atoms with Gasteiger partial charge in [-0.3, -0.25) is 14.9 Å². The zero-order chi connectivity index (χ0) is 20.8. The summed E-state index contributed by atoms with van der Waals surface area (Å²) in [6.45, 7) is 5.82. The minimum atomic E-state index is -0.308. The molecule has 0 saturated carbocycles. The molecule has 0 aliphatic rings. The number of hydrogen-bond donors (Lipinski definition) is 1. The molecule has 0 atom stereocenters. The van der Waals surface area contributed by atoms with Gasteiger partial charge in [-0.2, -0.15) is 0 Å². The molecule has 0 radical (unpaired) electrons. The van der Waals surface area contributed by atoms with Crippen LogP contribution in [0.5, 0.6) is 5.75 Å². The molecule has 0 fully saturated rings. The molecule has 0 aliphatic heterocycles. The van der Waals surface area contributed by atoms with E-state index in [2.05, 4.69) is 15.5 Å². The summed E-state index contributed by atoms with van der Waals surface area (Å²) in [5.74, 6) is 0.701. The normalized spacial score (nSPS) is 10.6. The van der Waals surface area contributed by atoms with Crippen LogP contribution in [-0.4, -0.2) is 34.2 Å². The lowest BCUT2D eigenvalue weighted by Crippen LogP contribution is -2.20. The van der Waals surface area contributed by atoms with Crippen molar-refractivity contribution in [3.63, 3.8) is 0 Å². The van der Waals surface area contributed by atoms with Gasteiger partial charge in [0.25, 0.3) is 5.91 Å².